The Labute approximate surface area is 160 Å². The van der Waals surface area contributed by atoms with Crippen LogP contribution >= 0.6 is 44.2 Å². The van der Waals surface area contributed by atoms with E-state index in [4.69, 9.17) is 0 Å². The highest BCUT2D eigenvalue weighted by Crippen LogP contribution is 2.45. The van der Waals surface area contributed by atoms with Gasteiger partial charge in [0.1, 0.15) is 0 Å². The van der Waals surface area contributed by atoms with E-state index >= 15 is 0 Å². The topological polar surface area (TPSA) is 0 Å². The maximum atomic E-state index is 3.75. The first kappa shape index (κ1) is 26.1. The van der Waals surface area contributed by atoms with Gasteiger partial charge in [-0.05, 0) is 62.6 Å². The summed E-state index contributed by atoms with van der Waals surface area (Å²) in [7, 11) is 0. The van der Waals surface area contributed by atoms with Crippen molar-refractivity contribution >= 4 is 44.2 Å². The number of halogens is 2. The van der Waals surface area contributed by atoms with E-state index in [-0.39, 0.29) is 13.2 Å². The highest BCUT2D eigenvalue weighted by molar-refractivity contribution is 9.39. The lowest BCUT2D eigenvalue weighted by Crippen LogP contribution is -1.90. The second-order valence-electron chi connectivity index (χ2n) is 6.89. The molecule has 0 aromatic carbocycles. The Morgan fingerprint density at radius 2 is 0.955 bits per heavy atom. The maximum absolute atomic E-state index is 3.75. The van der Waals surface area contributed by atoms with Gasteiger partial charge in [0.05, 0.1) is 0 Å². The lowest BCUT2D eigenvalue weighted by atomic mass is 10.1. The Morgan fingerprint density at radius 1 is 0.636 bits per heavy atom. The van der Waals surface area contributed by atoms with E-state index in [1.807, 2.05) is 0 Å². The highest BCUT2D eigenvalue weighted by atomic mass is 79.9. The zero-order valence-electron chi connectivity index (χ0n) is 15.9. The summed E-state index contributed by atoms with van der Waals surface area (Å²) in [5.74, 6) is 1.76. The van der Waals surface area contributed by atoms with Gasteiger partial charge in [0.25, 0.3) is 0 Å². The summed E-state index contributed by atoms with van der Waals surface area (Å²) in [6, 6.07) is 0. The molecule has 4 heteroatoms. The summed E-state index contributed by atoms with van der Waals surface area (Å²) in [5.41, 5.74) is 0. The predicted molar refractivity (Wildman–Crippen MR) is 120 cm³/mol. The van der Waals surface area contributed by atoms with Gasteiger partial charge in [0.2, 0.25) is 0 Å². The van der Waals surface area contributed by atoms with Gasteiger partial charge < -0.3 is 0 Å². The quantitative estimate of drug-likeness (QED) is 0.245. The lowest BCUT2D eigenvalue weighted by Gasteiger charge is -2.09. The van der Waals surface area contributed by atoms with Gasteiger partial charge in [-0.2, -0.15) is 0 Å². The zero-order valence-corrected chi connectivity index (χ0v) is 20.8. The summed E-state index contributed by atoms with van der Waals surface area (Å²) >= 11 is 7.51. The lowest BCUT2D eigenvalue weighted by molar-refractivity contribution is 0.578. The molecule has 0 aliphatic rings. The summed E-state index contributed by atoms with van der Waals surface area (Å²) < 4.78 is 0. The van der Waals surface area contributed by atoms with Crippen LogP contribution in [-0.2, 0) is 0 Å². The summed E-state index contributed by atoms with van der Waals surface area (Å²) in [4.78, 5) is 0. The molecule has 0 saturated heterocycles. The van der Waals surface area contributed by atoms with Crippen LogP contribution in [0.2, 0.25) is 0 Å². The second kappa shape index (κ2) is 19.1. The second-order valence-corrected chi connectivity index (χ2v) is 16.5. The number of hydrogen-bond acceptors (Lipinski definition) is 0. The number of hydrogen-bond donors (Lipinski definition) is 0. The summed E-state index contributed by atoms with van der Waals surface area (Å²) in [6.45, 7) is 14.1. The molecule has 0 N–H and O–H groups in total. The largest absolute Gasteiger partial charge is 0.0650 e. The Bertz CT molecular complexity index is 189. The first-order chi connectivity index (χ1) is 10.3. The van der Waals surface area contributed by atoms with Crippen LogP contribution in [0.5, 0.6) is 0 Å². The molecule has 0 bridgehead atoms. The molecule has 0 aromatic heterocycles. The molecule has 0 aliphatic carbocycles. The molecule has 136 valence electrons. The fourth-order valence-electron chi connectivity index (χ4n) is 2.05. The molecule has 2 atom stereocenters. The van der Waals surface area contributed by atoms with Crippen molar-refractivity contribution < 1.29 is 0 Å². The molecule has 0 nitrogen and oxygen atoms in total. The van der Waals surface area contributed by atoms with Crippen molar-refractivity contribution in [3.05, 3.63) is 0 Å². The first-order valence-electron chi connectivity index (χ1n) is 9.14. The average molecular weight is 478 g/mol. The van der Waals surface area contributed by atoms with Crippen LogP contribution in [0, 0.1) is 11.8 Å². The van der Waals surface area contributed by atoms with Gasteiger partial charge in [-0.25, -0.2) is 0 Å². The van der Waals surface area contributed by atoms with Crippen molar-refractivity contribution in [1.82, 2.24) is 0 Å². The standard InChI is InChI=1S/2C9H20BrP/c2*1-4-7-11(10)8-5-6-9(2)3/h2*9H,4-8H2,1-3H3. The van der Waals surface area contributed by atoms with E-state index in [1.165, 1.54) is 63.2 Å². The third-order valence-electron chi connectivity index (χ3n) is 3.30. The van der Waals surface area contributed by atoms with Crippen molar-refractivity contribution in [2.75, 3.05) is 24.6 Å². The van der Waals surface area contributed by atoms with E-state index < -0.39 is 0 Å². The van der Waals surface area contributed by atoms with Gasteiger partial charge in [0, 0.05) is 0 Å². The van der Waals surface area contributed by atoms with E-state index in [2.05, 4.69) is 72.5 Å². The SMILES string of the molecule is CCCP(Br)CCCC(C)C.CCCP(Br)CCCC(C)C. The van der Waals surface area contributed by atoms with Crippen LogP contribution in [0.3, 0.4) is 0 Å². The van der Waals surface area contributed by atoms with Gasteiger partial charge >= 0.3 is 0 Å². The van der Waals surface area contributed by atoms with Crippen LogP contribution in [0.25, 0.3) is 0 Å². The minimum Gasteiger partial charge on any atom is -0.0650 e. The van der Waals surface area contributed by atoms with Crippen molar-refractivity contribution in [3.63, 3.8) is 0 Å². The smallest absolute Gasteiger partial charge is 0.0227 e. The van der Waals surface area contributed by atoms with Crippen molar-refractivity contribution in [3.8, 4) is 0 Å². The fraction of sp³-hybridized carbons (Fsp3) is 1.00. The molecule has 2 unspecified atom stereocenters. The van der Waals surface area contributed by atoms with Crippen molar-refractivity contribution in [2.24, 2.45) is 11.8 Å². The van der Waals surface area contributed by atoms with Gasteiger partial charge in [0.15, 0.2) is 0 Å². The minimum atomic E-state index is 0.201. The molecule has 0 amide bonds. The van der Waals surface area contributed by atoms with Crippen LogP contribution in [0.1, 0.15) is 80.1 Å². The van der Waals surface area contributed by atoms with E-state index in [9.17, 15) is 0 Å². The number of rotatable bonds is 12. The third kappa shape index (κ3) is 24.1. The summed E-state index contributed by atoms with van der Waals surface area (Å²) in [6.07, 6.45) is 13.9. The van der Waals surface area contributed by atoms with Crippen LogP contribution in [0.4, 0.5) is 0 Å². The monoisotopic (exact) mass is 476 g/mol. The zero-order chi connectivity index (χ0) is 17.4. The van der Waals surface area contributed by atoms with Gasteiger partial charge in [-0.3, -0.25) is 0 Å². The predicted octanol–water partition coefficient (Wildman–Crippen LogP) is 9.25. The first-order valence-corrected chi connectivity index (χ1v) is 16.6. The van der Waals surface area contributed by atoms with Crippen molar-refractivity contribution in [1.29, 1.82) is 0 Å². The summed E-state index contributed by atoms with van der Waals surface area (Å²) in [5, 5.41) is 0. The van der Waals surface area contributed by atoms with E-state index in [1.54, 1.807) is 0 Å². The van der Waals surface area contributed by atoms with Crippen LogP contribution in [-0.4, -0.2) is 24.6 Å². The molecule has 22 heavy (non-hydrogen) atoms. The van der Waals surface area contributed by atoms with Crippen LogP contribution in [0.15, 0.2) is 0 Å². The maximum Gasteiger partial charge on any atom is -0.0227 e. The third-order valence-corrected chi connectivity index (χ3v) is 11.0. The Balaban J connectivity index is 0. The molecule has 0 aromatic rings. The van der Waals surface area contributed by atoms with Crippen LogP contribution < -0.4 is 0 Å². The van der Waals surface area contributed by atoms with E-state index in [0.29, 0.717) is 0 Å². The normalized spacial score (nSPS) is 13.9. The Kier molecular flexibility index (Phi) is 22.7. The van der Waals surface area contributed by atoms with Crippen molar-refractivity contribution in [2.45, 2.75) is 80.1 Å². The molecule has 0 rings (SSSR count). The highest BCUT2D eigenvalue weighted by Gasteiger charge is 2.02. The minimum absolute atomic E-state index is 0.201. The molecular weight excluding hydrogens is 438 g/mol. The molecule has 0 fully saturated rings. The molecule has 0 saturated carbocycles. The molecule has 0 heterocycles. The molecule has 0 radical (unpaired) electrons. The van der Waals surface area contributed by atoms with Gasteiger partial charge in [-0.1, -0.05) is 98.2 Å². The van der Waals surface area contributed by atoms with E-state index in [0.717, 1.165) is 11.8 Å². The van der Waals surface area contributed by atoms with Gasteiger partial charge in [-0.15, -0.1) is 0 Å². The molecule has 0 aliphatic heterocycles. The average Bonchev–Trinajstić information content (AvgIpc) is 2.39. The fourth-order valence-corrected chi connectivity index (χ4v) is 8.15. The molecule has 0 spiro atoms. The Hall–Kier alpha value is 1.82. The Morgan fingerprint density at radius 3 is 1.18 bits per heavy atom. The molecular formula is C18H40Br2P2.